The molecule has 27 heavy (non-hydrogen) atoms. The molecule has 1 amide bonds. The minimum absolute atomic E-state index is 0.0981. The molecule has 0 aliphatic carbocycles. The average molecular weight is 382 g/mol. The number of nitrogens with one attached hydrogen (secondary N) is 1. The third kappa shape index (κ3) is 5.69. The molecule has 1 atom stereocenters. The summed E-state index contributed by atoms with van der Waals surface area (Å²) >= 11 is 1.24. The van der Waals surface area contributed by atoms with Gasteiger partial charge in [-0.1, -0.05) is 68.1 Å². The molecule has 0 fully saturated rings. The molecule has 0 saturated heterocycles. The summed E-state index contributed by atoms with van der Waals surface area (Å²) in [7, 11) is 0. The lowest BCUT2D eigenvalue weighted by Crippen LogP contribution is -2.14. The highest BCUT2D eigenvalue weighted by Crippen LogP contribution is 2.21. The van der Waals surface area contributed by atoms with Gasteiger partial charge < -0.3 is 9.73 Å². The number of thioether (sulfide) groups is 1. The molecule has 0 unspecified atom stereocenters. The molecular formula is C21H23N3O2S. The highest BCUT2D eigenvalue weighted by atomic mass is 32.2. The summed E-state index contributed by atoms with van der Waals surface area (Å²) in [6.45, 7) is 4.36. The van der Waals surface area contributed by atoms with Crippen molar-refractivity contribution in [1.29, 1.82) is 0 Å². The van der Waals surface area contributed by atoms with Crippen molar-refractivity contribution in [2.24, 2.45) is 0 Å². The number of carbonyl (C=O) groups is 1. The van der Waals surface area contributed by atoms with Crippen molar-refractivity contribution in [1.82, 2.24) is 10.2 Å². The minimum Gasteiger partial charge on any atom is -0.416 e. The van der Waals surface area contributed by atoms with Gasteiger partial charge in [-0.3, -0.25) is 4.79 Å². The molecule has 3 rings (SSSR count). The van der Waals surface area contributed by atoms with Crippen molar-refractivity contribution in [2.45, 2.75) is 37.8 Å². The van der Waals surface area contributed by atoms with Crippen LogP contribution >= 0.6 is 11.8 Å². The maximum absolute atomic E-state index is 12.1. The van der Waals surface area contributed by atoms with E-state index in [1.807, 2.05) is 42.5 Å². The Balaban J connectivity index is 1.48. The van der Waals surface area contributed by atoms with Crippen LogP contribution in [0.4, 0.5) is 5.69 Å². The maximum Gasteiger partial charge on any atom is 0.277 e. The Kier molecular flexibility index (Phi) is 6.65. The van der Waals surface area contributed by atoms with Crippen LogP contribution in [0.3, 0.4) is 0 Å². The van der Waals surface area contributed by atoms with E-state index in [1.165, 1.54) is 17.3 Å². The molecule has 5 nitrogen and oxygen atoms in total. The van der Waals surface area contributed by atoms with Crippen LogP contribution in [0.2, 0.25) is 0 Å². The van der Waals surface area contributed by atoms with Gasteiger partial charge in [-0.2, -0.15) is 0 Å². The van der Waals surface area contributed by atoms with E-state index < -0.39 is 0 Å². The average Bonchev–Trinajstić information content (AvgIpc) is 3.14. The van der Waals surface area contributed by atoms with E-state index in [-0.39, 0.29) is 11.7 Å². The van der Waals surface area contributed by atoms with Gasteiger partial charge in [0, 0.05) is 5.69 Å². The first-order chi connectivity index (χ1) is 13.1. The van der Waals surface area contributed by atoms with Crippen LogP contribution in [0.1, 0.15) is 43.2 Å². The Labute approximate surface area is 163 Å². The van der Waals surface area contributed by atoms with Crippen molar-refractivity contribution in [3.8, 4) is 0 Å². The second kappa shape index (κ2) is 9.37. The molecule has 6 heteroatoms. The van der Waals surface area contributed by atoms with Crippen LogP contribution in [0.25, 0.3) is 0 Å². The monoisotopic (exact) mass is 381 g/mol. The summed E-state index contributed by atoms with van der Waals surface area (Å²) in [5.41, 5.74) is 3.18. The quantitative estimate of drug-likeness (QED) is 0.562. The molecule has 0 saturated carbocycles. The number of anilines is 1. The maximum atomic E-state index is 12.1. The summed E-state index contributed by atoms with van der Waals surface area (Å²) in [4.78, 5) is 12.1. The number of hydrogen-bond acceptors (Lipinski definition) is 5. The first kappa shape index (κ1) is 19.2. The van der Waals surface area contributed by atoms with Crippen molar-refractivity contribution < 1.29 is 9.21 Å². The number of hydrogen-bond donors (Lipinski definition) is 1. The Morgan fingerprint density at radius 2 is 1.85 bits per heavy atom. The summed E-state index contributed by atoms with van der Waals surface area (Å²) in [5.74, 6) is 1.19. The third-order valence-corrected chi connectivity index (χ3v) is 5.17. The van der Waals surface area contributed by atoms with E-state index in [2.05, 4.69) is 41.5 Å². The van der Waals surface area contributed by atoms with Gasteiger partial charge in [0.15, 0.2) is 0 Å². The second-order valence-electron chi connectivity index (χ2n) is 6.39. The van der Waals surface area contributed by atoms with Crippen LogP contribution in [-0.2, 0) is 11.2 Å². The van der Waals surface area contributed by atoms with Gasteiger partial charge in [-0.25, -0.2) is 0 Å². The number of amides is 1. The van der Waals surface area contributed by atoms with E-state index in [4.69, 9.17) is 4.42 Å². The molecule has 2 aromatic carbocycles. The molecule has 0 aliphatic heterocycles. The highest BCUT2D eigenvalue weighted by molar-refractivity contribution is 7.99. The fourth-order valence-corrected chi connectivity index (χ4v) is 3.17. The Morgan fingerprint density at radius 3 is 2.56 bits per heavy atom. The van der Waals surface area contributed by atoms with Gasteiger partial charge in [0.25, 0.3) is 5.22 Å². The van der Waals surface area contributed by atoms with Crippen LogP contribution in [0.5, 0.6) is 0 Å². The standard InChI is InChI=1S/C21H23N3O2S/c1-3-15(2)17-9-11-18(12-10-17)22-19(25)14-27-21-24-23-20(26-21)13-16-7-5-4-6-8-16/h4-12,15H,3,13-14H2,1-2H3,(H,22,25)/t15-/m1/s1. The van der Waals surface area contributed by atoms with Gasteiger partial charge in [0.05, 0.1) is 12.2 Å². The zero-order chi connectivity index (χ0) is 19.1. The van der Waals surface area contributed by atoms with Gasteiger partial charge in [0.1, 0.15) is 0 Å². The number of carbonyl (C=O) groups excluding carboxylic acids is 1. The molecule has 0 radical (unpaired) electrons. The molecule has 3 aromatic rings. The molecule has 0 bridgehead atoms. The molecule has 1 N–H and O–H groups in total. The molecule has 1 aromatic heterocycles. The van der Waals surface area contributed by atoms with E-state index in [0.29, 0.717) is 23.5 Å². The SMILES string of the molecule is CC[C@@H](C)c1ccc(NC(=O)CSc2nnc(Cc3ccccc3)o2)cc1. The van der Waals surface area contributed by atoms with Gasteiger partial charge in [0.2, 0.25) is 11.8 Å². The van der Waals surface area contributed by atoms with Crippen LogP contribution in [0, 0.1) is 0 Å². The van der Waals surface area contributed by atoms with E-state index in [0.717, 1.165) is 17.7 Å². The lowest BCUT2D eigenvalue weighted by atomic mass is 9.99. The molecule has 1 heterocycles. The van der Waals surface area contributed by atoms with Crippen molar-refractivity contribution in [2.75, 3.05) is 11.1 Å². The molecule has 140 valence electrons. The zero-order valence-corrected chi connectivity index (χ0v) is 16.3. The van der Waals surface area contributed by atoms with E-state index in [1.54, 1.807) is 0 Å². The van der Waals surface area contributed by atoms with Gasteiger partial charge in [-0.15, -0.1) is 10.2 Å². The van der Waals surface area contributed by atoms with E-state index in [9.17, 15) is 4.79 Å². The summed E-state index contributed by atoms with van der Waals surface area (Å²) in [6.07, 6.45) is 1.68. The Bertz CT molecular complexity index is 863. The highest BCUT2D eigenvalue weighted by Gasteiger charge is 2.11. The predicted octanol–water partition coefficient (Wildman–Crippen LogP) is 4.90. The van der Waals surface area contributed by atoms with Gasteiger partial charge >= 0.3 is 0 Å². The first-order valence-corrected chi connectivity index (χ1v) is 10.0. The third-order valence-electron chi connectivity index (χ3n) is 4.35. The largest absolute Gasteiger partial charge is 0.416 e. The first-order valence-electron chi connectivity index (χ1n) is 9.03. The summed E-state index contributed by atoms with van der Waals surface area (Å²) in [6, 6.07) is 17.9. The summed E-state index contributed by atoms with van der Waals surface area (Å²) < 4.78 is 5.60. The van der Waals surface area contributed by atoms with Crippen LogP contribution < -0.4 is 5.32 Å². The topological polar surface area (TPSA) is 68.0 Å². The number of nitrogens with zero attached hydrogens (tertiary/aromatic N) is 2. The van der Waals surface area contributed by atoms with E-state index >= 15 is 0 Å². The Morgan fingerprint density at radius 1 is 1.11 bits per heavy atom. The molecule has 0 aliphatic rings. The van der Waals surface area contributed by atoms with Gasteiger partial charge in [-0.05, 0) is 35.6 Å². The fourth-order valence-electron chi connectivity index (χ4n) is 2.59. The Hall–Kier alpha value is -2.60. The van der Waals surface area contributed by atoms with Crippen molar-refractivity contribution in [3.63, 3.8) is 0 Å². The van der Waals surface area contributed by atoms with Crippen LogP contribution in [-0.4, -0.2) is 21.9 Å². The fraction of sp³-hybridized carbons (Fsp3) is 0.286. The summed E-state index contributed by atoms with van der Waals surface area (Å²) in [5, 5.41) is 11.3. The van der Waals surface area contributed by atoms with Crippen LogP contribution in [0.15, 0.2) is 64.2 Å². The number of rotatable bonds is 8. The smallest absolute Gasteiger partial charge is 0.277 e. The lowest BCUT2D eigenvalue weighted by Gasteiger charge is -2.10. The molecule has 0 spiro atoms. The predicted molar refractivity (Wildman–Crippen MR) is 108 cm³/mol. The van der Waals surface area contributed by atoms with Crippen molar-refractivity contribution >= 4 is 23.4 Å². The number of aromatic nitrogens is 2. The molecular weight excluding hydrogens is 358 g/mol. The number of benzene rings is 2. The second-order valence-corrected chi connectivity index (χ2v) is 7.32. The minimum atomic E-state index is -0.0981. The lowest BCUT2D eigenvalue weighted by molar-refractivity contribution is -0.113. The zero-order valence-electron chi connectivity index (χ0n) is 15.5. The normalized spacial score (nSPS) is 11.9. The van der Waals surface area contributed by atoms with Crippen molar-refractivity contribution in [3.05, 3.63) is 71.6 Å².